The van der Waals surface area contributed by atoms with Gasteiger partial charge in [0.2, 0.25) is 47.3 Å². The summed E-state index contributed by atoms with van der Waals surface area (Å²) in [5.41, 5.74) is 0. The molecule has 8 N–H and O–H groups in total. The van der Waals surface area contributed by atoms with Gasteiger partial charge in [-0.25, -0.2) is 0 Å². The van der Waals surface area contributed by atoms with Gasteiger partial charge >= 0.3 is 0 Å². The van der Waals surface area contributed by atoms with Crippen LogP contribution in [0.2, 0.25) is 0 Å². The summed E-state index contributed by atoms with van der Waals surface area (Å²) in [6.45, 7) is 21.2. The Bertz CT molecular complexity index is 2320. The normalized spacial score (nSPS) is 12.9. The Hall–Kier alpha value is -4.80. The van der Waals surface area contributed by atoms with Crippen molar-refractivity contribution in [2.75, 3.05) is 385 Å². The van der Waals surface area contributed by atoms with E-state index < -0.39 is 0 Å². The van der Waals surface area contributed by atoms with E-state index in [2.05, 4.69) is 227 Å². The predicted molar refractivity (Wildman–Crippen MR) is 459 cm³/mol. The van der Waals surface area contributed by atoms with E-state index in [1.807, 2.05) is 14.1 Å². The summed E-state index contributed by atoms with van der Waals surface area (Å²) in [6.07, 6.45) is 8.95. The molecule has 8 amide bonds. The zero-order chi connectivity index (χ0) is 85.1. The number of quaternary nitrogens is 8. The van der Waals surface area contributed by atoms with Crippen molar-refractivity contribution < 1.29 is 74.2 Å². The SMILES string of the molecule is [CH2-][N+](C)(C)CCCNC(=O)CCN(CCC(=O)NCCC[N+](C)(C)C)CCN(CCC(=O)NCCC[N+](C)(C)C)CCN(CCC(=O)NCCC[N+](C)(C)C)CCN(CCC(=O)NCCC[N+](C)(C)C)CCN(CCC(=O)NCCC[N+](C)(C)C)CCN(CCC(=O)NCCC[N+](C)(C)C)CCC(=O)NCCC[N+](C)(C)C. The van der Waals surface area contributed by atoms with Crippen LogP contribution in [0.1, 0.15) is 103 Å². The molecule has 0 bridgehead atoms. The fourth-order valence-corrected chi connectivity index (χ4v) is 12.4. The van der Waals surface area contributed by atoms with Gasteiger partial charge in [0.25, 0.3) is 0 Å². The number of hydrogen-bond donors (Lipinski definition) is 8. The first kappa shape index (κ1) is 107. The van der Waals surface area contributed by atoms with Gasteiger partial charge in [-0.15, -0.1) is 7.05 Å². The van der Waals surface area contributed by atoms with Crippen molar-refractivity contribution in [3.63, 3.8) is 0 Å². The first-order valence-corrected chi connectivity index (χ1v) is 42.6. The average Bonchev–Trinajstić information content (AvgIpc) is 0.922. The molecule has 0 radical (unpaired) electrons. The first-order valence-electron chi connectivity index (χ1n) is 42.6. The first-order chi connectivity index (χ1) is 51.8. The summed E-state index contributed by atoms with van der Waals surface area (Å²) in [6, 6.07) is 0. The molecule has 30 nitrogen and oxygen atoms in total. The Morgan fingerprint density at radius 2 is 0.295 bits per heavy atom. The van der Waals surface area contributed by atoms with Gasteiger partial charge in [-0.05, 0) is 0 Å². The maximum absolute atomic E-state index is 13.9. The van der Waals surface area contributed by atoms with Crippen molar-refractivity contribution in [2.45, 2.75) is 103 Å². The zero-order valence-electron chi connectivity index (χ0n) is 76.6. The molecule has 0 aliphatic rings. The van der Waals surface area contributed by atoms with Crippen LogP contribution in [0.5, 0.6) is 0 Å². The lowest BCUT2D eigenvalue weighted by molar-refractivity contribution is -0.870. The molecule has 0 spiro atoms. The molecule has 30 heteroatoms. The quantitative estimate of drug-likeness (QED) is 0.0223. The van der Waals surface area contributed by atoms with Crippen LogP contribution >= 0.6 is 0 Å². The summed E-state index contributed by atoms with van der Waals surface area (Å²) < 4.78 is 6.17. The number of carbonyl (C=O) groups is 8. The summed E-state index contributed by atoms with van der Waals surface area (Å²) in [4.78, 5) is 123. The van der Waals surface area contributed by atoms with Crippen LogP contribution in [0.4, 0.5) is 0 Å². The summed E-state index contributed by atoms with van der Waals surface area (Å²) in [5, 5.41) is 25.2. The zero-order valence-corrected chi connectivity index (χ0v) is 76.6. The van der Waals surface area contributed by atoms with E-state index in [0.717, 1.165) is 135 Å². The summed E-state index contributed by atoms with van der Waals surface area (Å²) >= 11 is 0. The molecule has 0 aromatic rings. The van der Waals surface area contributed by atoms with E-state index in [-0.39, 0.29) is 98.6 Å². The van der Waals surface area contributed by atoms with Gasteiger partial charge in [-0.1, -0.05) is 0 Å². The number of nitrogens with zero attached hydrogens (tertiary/aromatic N) is 14. The smallest absolute Gasteiger partial charge is 0.221 e. The molecule has 658 valence electrons. The van der Waals surface area contributed by atoms with Gasteiger partial charge in [-0.2, -0.15) is 0 Å². The third-order valence-corrected chi connectivity index (χ3v) is 19.5. The van der Waals surface area contributed by atoms with Crippen molar-refractivity contribution in [3.05, 3.63) is 7.05 Å². The second kappa shape index (κ2) is 57.3. The highest BCUT2D eigenvalue weighted by atomic mass is 16.2. The molecule has 0 saturated carbocycles. The number of hydrogen-bond acceptors (Lipinski definition) is 14. The third kappa shape index (κ3) is 74.0. The second-order valence-corrected chi connectivity index (χ2v) is 39.4. The topological polar surface area (TPSA) is 252 Å². The van der Waals surface area contributed by atoms with Crippen molar-refractivity contribution in [2.24, 2.45) is 0 Å². The van der Waals surface area contributed by atoms with Gasteiger partial charge < -0.3 is 108 Å². The van der Waals surface area contributed by atoms with E-state index in [1.165, 1.54) is 0 Å². The van der Waals surface area contributed by atoms with E-state index in [9.17, 15) is 38.4 Å². The fourth-order valence-electron chi connectivity index (χ4n) is 12.4. The molecule has 0 fully saturated rings. The van der Waals surface area contributed by atoms with Crippen LogP contribution in [0.3, 0.4) is 0 Å². The lowest BCUT2D eigenvalue weighted by Gasteiger charge is -2.33. The molecule has 0 saturated heterocycles. The van der Waals surface area contributed by atoms with Crippen LogP contribution in [0.15, 0.2) is 0 Å². The minimum absolute atomic E-state index is 0.0241. The average molecular weight is 1600 g/mol. The van der Waals surface area contributed by atoms with E-state index in [1.54, 1.807) is 0 Å². The maximum Gasteiger partial charge on any atom is 0.221 e. The molecule has 0 atom stereocenters. The van der Waals surface area contributed by atoms with Gasteiger partial charge in [0.1, 0.15) is 0 Å². The fraction of sp³-hybridized carbons (Fsp3) is 0.890. The molecule has 0 aliphatic heterocycles. The van der Waals surface area contributed by atoms with Gasteiger partial charge in [0, 0.05) is 287 Å². The highest BCUT2D eigenvalue weighted by molar-refractivity contribution is 5.78. The highest BCUT2D eigenvalue weighted by Gasteiger charge is 2.23. The molecule has 0 aliphatic carbocycles. The maximum atomic E-state index is 13.9. The number of rotatable bonds is 71. The molecular weight excluding hydrogens is 1420 g/mol. The van der Waals surface area contributed by atoms with E-state index >= 15 is 0 Å². The van der Waals surface area contributed by atoms with Crippen molar-refractivity contribution in [1.29, 1.82) is 0 Å². The Balaban J connectivity index is 7.72. The minimum atomic E-state index is -0.0467. The van der Waals surface area contributed by atoms with Gasteiger partial charge in [-0.3, -0.25) is 38.4 Å². The Morgan fingerprint density at radius 1 is 0.188 bits per heavy atom. The molecule has 112 heavy (non-hydrogen) atoms. The van der Waals surface area contributed by atoms with Crippen LogP contribution in [0, 0.1) is 7.05 Å². The largest absolute Gasteiger partial charge is 0.462 e. The Morgan fingerprint density at radius 3 is 0.402 bits per heavy atom. The van der Waals surface area contributed by atoms with Crippen LogP contribution in [-0.2, 0) is 38.4 Å². The van der Waals surface area contributed by atoms with Crippen molar-refractivity contribution >= 4 is 47.3 Å². The van der Waals surface area contributed by atoms with Crippen LogP contribution in [0.25, 0.3) is 0 Å². The van der Waals surface area contributed by atoms with Crippen LogP contribution in [-0.4, -0.2) is 497 Å². The Labute approximate surface area is 684 Å². The minimum Gasteiger partial charge on any atom is -0.462 e. The van der Waals surface area contributed by atoms with Gasteiger partial charge in [0.05, 0.1) is 200 Å². The number of nitrogens with one attached hydrogen (secondary N) is 8. The highest BCUT2D eigenvalue weighted by Crippen LogP contribution is 2.09. The lowest BCUT2D eigenvalue weighted by atomic mass is 10.2. The van der Waals surface area contributed by atoms with Crippen LogP contribution < -0.4 is 42.5 Å². The molecule has 0 unspecified atom stereocenters. The second-order valence-electron chi connectivity index (χ2n) is 39.4. The molecular formula is C82H179N22O8+7. The predicted octanol–water partition coefficient (Wildman–Crippen LogP) is -0.219. The Kier molecular flexibility index (Phi) is 54.9. The third-order valence-electron chi connectivity index (χ3n) is 19.5. The molecule has 0 rings (SSSR count). The van der Waals surface area contributed by atoms with Crippen molar-refractivity contribution in [3.8, 4) is 0 Å². The van der Waals surface area contributed by atoms with E-state index in [4.69, 9.17) is 0 Å². The van der Waals surface area contributed by atoms with Gasteiger partial charge in [0.15, 0.2) is 0 Å². The molecule has 0 aromatic heterocycles. The molecule has 0 heterocycles. The van der Waals surface area contributed by atoms with E-state index in [0.29, 0.717) is 175 Å². The van der Waals surface area contributed by atoms with Crippen molar-refractivity contribution in [1.82, 2.24) is 71.9 Å². The monoisotopic (exact) mass is 1600 g/mol. The molecule has 0 aromatic carbocycles. The standard InChI is InChI=1S/C82H172N22O8/c1-97(2,3)67-25-41-83-75(105)33-49-91(50-34-76(106)84-42-26-68-98(4,5)6)57-59-93(53-37-79(109)87-45-29-71-101(13,14)15)61-63-95(55-39-81(111)89-47-31-73-103(19,20)21)65-66-96(56-40-82(112)90-48-32-74-104(22,23)24)64-62-94(54-38-80(110)88-46-30-72-102(16,17)18)60-58-92(51-35-77(107)85-43-27-69-99(7,8)9)52-36-78(108)86-44-28-70-100(10,11)12/h1,25-74H2,2-24H3,(H-7,83,84,85,86,87,88,89,90,105,106,107,108,109,110,111,112)/p+7. The number of amides is 8. The summed E-state index contributed by atoms with van der Waals surface area (Å²) in [7, 11) is 53.3. The summed E-state index contributed by atoms with van der Waals surface area (Å²) in [5.74, 6) is -0.238. The lowest BCUT2D eigenvalue weighted by Crippen LogP contribution is -2.46. The number of carbonyl (C=O) groups excluding carboxylic acids is 8.